The third-order valence-corrected chi connectivity index (χ3v) is 3.54. The van der Waals surface area contributed by atoms with Crippen LogP contribution in [0.5, 0.6) is 0 Å². The zero-order valence-corrected chi connectivity index (χ0v) is 10.1. The van der Waals surface area contributed by atoms with Crippen molar-refractivity contribution in [1.82, 2.24) is 9.03 Å². The van der Waals surface area contributed by atoms with Gasteiger partial charge in [-0.15, -0.1) is 0 Å². The fourth-order valence-electron chi connectivity index (χ4n) is 1.06. The third kappa shape index (κ3) is 6.06. The normalized spacial score (nSPS) is 12.3. The molecule has 0 aromatic heterocycles. The molecule has 0 saturated carbocycles. The molecule has 0 fully saturated rings. The molecule has 7 heteroatoms. The van der Waals surface area contributed by atoms with Crippen LogP contribution in [0.15, 0.2) is 0 Å². The van der Waals surface area contributed by atoms with Crippen LogP contribution in [0, 0.1) is 0 Å². The highest BCUT2D eigenvalue weighted by molar-refractivity contribution is 7.87. The number of nitrogens with one attached hydrogen (secondary N) is 1. The second-order valence-corrected chi connectivity index (χ2v) is 4.72. The lowest BCUT2D eigenvalue weighted by Gasteiger charge is -2.20. The SMILES string of the molecule is CCN(CCCO)S(=O)(=O)NCCOC. The Labute approximate surface area is 91.4 Å². The van der Waals surface area contributed by atoms with Crippen LogP contribution in [0.1, 0.15) is 13.3 Å². The fraction of sp³-hybridized carbons (Fsp3) is 1.00. The highest BCUT2D eigenvalue weighted by Crippen LogP contribution is 1.98. The van der Waals surface area contributed by atoms with Crippen LogP contribution in [0.4, 0.5) is 0 Å². The van der Waals surface area contributed by atoms with Gasteiger partial charge in [0, 0.05) is 33.4 Å². The van der Waals surface area contributed by atoms with Gasteiger partial charge in [-0.05, 0) is 6.42 Å². The molecule has 0 radical (unpaired) electrons. The van der Waals surface area contributed by atoms with Gasteiger partial charge in [0.05, 0.1) is 6.61 Å². The topological polar surface area (TPSA) is 78.9 Å². The van der Waals surface area contributed by atoms with Crippen molar-refractivity contribution in [1.29, 1.82) is 0 Å². The number of methoxy groups -OCH3 is 1. The summed E-state index contributed by atoms with van der Waals surface area (Å²) in [4.78, 5) is 0. The molecule has 0 aromatic rings. The Morgan fingerprint density at radius 2 is 2.13 bits per heavy atom. The minimum absolute atomic E-state index is 0.00983. The molecule has 0 saturated heterocycles. The van der Waals surface area contributed by atoms with E-state index in [2.05, 4.69) is 4.72 Å². The van der Waals surface area contributed by atoms with Crippen molar-refractivity contribution in [3.8, 4) is 0 Å². The monoisotopic (exact) mass is 240 g/mol. The van der Waals surface area contributed by atoms with Crippen molar-refractivity contribution in [2.45, 2.75) is 13.3 Å². The molecule has 0 aliphatic rings. The van der Waals surface area contributed by atoms with Crippen molar-refractivity contribution in [3.63, 3.8) is 0 Å². The number of rotatable bonds is 9. The molecule has 0 amide bonds. The Balaban J connectivity index is 4.13. The van der Waals surface area contributed by atoms with Crippen LogP contribution >= 0.6 is 0 Å². The lowest BCUT2D eigenvalue weighted by atomic mass is 10.4. The van der Waals surface area contributed by atoms with Gasteiger partial charge in [0.2, 0.25) is 0 Å². The first-order valence-electron chi connectivity index (χ1n) is 4.93. The van der Waals surface area contributed by atoms with Gasteiger partial charge in [0.25, 0.3) is 10.2 Å². The molecule has 0 aliphatic carbocycles. The Morgan fingerprint density at radius 3 is 2.60 bits per heavy atom. The van der Waals surface area contributed by atoms with E-state index in [1.54, 1.807) is 6.92 Å². The number of ether oxygens (including phenoxy) is 1. The van der Waals surface area contributed by atoms with Crippen molar-refractivity contribution < 1.29 is 18.3 Å². The van der Waals surface area contributed by atoms with Crippen molar-refractivity contribution in [3.05, 3.63) is 0 Å². The van der Waals surface area contributed by atoms with Crippen molar-refractivity contribution in [2.24, 2.45) is 0 Å². The second-order valence-electron chi connectivity index (χ2n) is 2.96. The average molecular weight is 240 g/mol. The Kier molecular flexibility index (Phi) is 7.89. The molecule has 0 heterocycles. The van der Waals surface area contributed by atoms with Crippen molar-refractivity contribution >= 4 is 10.2 Å². The van der Waals surface area contributed by atoms with E-state index in [1.165, 1.54) is 11.4 Å². The van der Waals surface area contributed by atoms with Crippen LogP contribution in [0.3, 0.4) is 0 Å². The molecule has 0 unspecified atom stereocenters. The molecular formula is C8H20N2O4S. The molecule has 0 aromatic carbocycles. The quantitative estimate of drug-likeness (QED) is 0.516. The molecule has 15 heavy (non-hydrogen) atoms. The Bertz CT molecular complexity index is 243. The summed E-state index contributed by atoms with van der Waals surface area (Å²) >= 11 is 0. The maximum Gasteiger partial charge on any atom is 0.279 e. The lowest BCUT2D eigenvalue weighted by molar-refractivity contribution is 0.203. The minimum Gasteiger partial charge on any atom is -0.396 e. The summed E-state index contributed by atoms with van der Waals surface area (Å²) in [6, 6.07) is 0. The van der Waals surface area contributed by atoms with E-state index in [-0.39, 0.29) is 13.2 Å². The summed E-state index contributed by atoms with van der Waals surface area (Å²) in [5.74, 6) is 0. The molecular weight excluding hydrogens is 220 g/mol. The number of hydrogen-bond donors (Lipinski definition) is 2. The smallest absolute Gasteiger partial charge is 0.279 e. The van der Waals surface area contributed by atoms with E-state index < -0.39 is 10.2 Å². The largest absolute Gasteiger partial charge is 0.396 e. The Hall–Kier alpha value is -0.210. The van der Waals surface area contributed by atoms with Gasteiger partial charge in [0.15, 0.2) is 0 Å². The van der Waals surface area contributed by atoms with E-state index in [0.717, 1.165) is 0 Å². The molecule has 0 spiro atoms. The molecule has 2 N–H and O–H groups in total. The van der Waals surface area contributed by atoms with Gasteiger partial charge in [0.1, 0.15) is 0 Å². The standard InChI is InChI=1S/C8H20N2O4S/c1-3-10(6-4-7-11)15(12,13)9-5-8-14-2/h9,11H,3-8H2,1-2H3. The first kappa shape index (κ1) is 14.8. The predicted octanol–water partition coefficient (Wildman–Crippen LogP) is -0.828. The highest BCUT2D eigenvalue weighted by atomic mass is 32.2. The first-order valence-corrected chi connectivity index (χ1v) is 6.37. The summed E-state index contributed by atoms with van der Waals surface area (Å²) in [5, 5.41) is 8.63. The summed E-state index contributed by atoms with van der Waals surface area (Å²) in [7, 11) is -1.91. The number of aliphatic hydroxyl groups is 1. The van der Waals surface area contributed by atoms with E-state index in [9.17, 15) is 8.42 Å². The Morgan fingerprint density at radius 1 is 1.47 bits per heavy atom. The third-order valence-electron chi connectivity index (χ3n) is 1.85. The number of nitrogens with zero attached hydrogens (tertiary/aromatic N) is 1. The van der Waals surface area contributed by atoms with E-state index in [1.807, 2.05) is 0 Å². The van der Waals surface area contributed by atoms with Gasteiger partial charge in [-0.2, -0.15) is 17.4 Å². The summed E-state index contributed by atoms with van der Waals surface area (Å²) < 4.78 is 31.7. The van der Waals surface area contributed by atoms with Gasteiger partial charge < -0.3 is 9.84 Å². The fourth-order valence-corrected chi connectivity index (χ4v) is 2.29. The number of hydrogen-bond acceptors (Lipinski definition) is 4. The zero-order valence-electron chi connectivity index (χ0n) is 9.27. The van der Waals surface area contributed by atoms with Gasteiger partial charge >= 0.3 is 0 Å². The molecule has 0 bridgehead atoms. The van der Waals surface area contributed by atoms with Crippen LogP contribution in [-0.4, -0.2) is 57.8 Å². The molecule has 0 rings (SSSR count). The second kappa shape index (κ2) is 8.00. The van der Waals surface area contributed by atoms with Crippen molar-refractivity contribution in [2.75, 3.05) is 40.0 Å². The van der Waals surface area contributed by atoms with Gasteiger partial charge in [-0.1, -0.05) is 6.92 Å². The first-order chi connectivity index (χ1) is 7.08. The van der Waals surface area contributed by atoms with E-state index in [4.69, 9.17) is 9.84 Å². The van der Waals surface area contributed by atoms with Crippen LogP contribution < -0.4 is 4.72 Å². The van der Waals surface area contributed by atoms with Crippen LogP contribution in [0.25, 0.3) is 0 Å². The lowest BCUT2D eigenvalue weighted by Crippen LogP contribution is -2.42. The number of aliphatic hydroxyl groups excluding tert-OH is 1. The van der Waals surface area contributed by atoms with E-state index >= 15 is 0 Å². The summed E-state index contributed by atoms with van der Waals surface area (Å²) in [5.41, 5.74) is 0. The molecule has 0 aliphatic heterocycles. The molecule has 6 nitrogen and oxygen atoms in total. The van der Waals surface area contributed by atoms with Crippen LogP contribution in [-0.2, 0) is 14.9 Å². The van der Waals surface area contributed by atoms with E-state index in [0.29, 0.717) is 26.1 Å². The summed E-state index contributed by atoms with van der Waals surface area (Å²) in [6.07, 6.45) is 0.443. The van der Waals surface area contributed by atoms with Gasteiger partial charge in [-0.25, -0.2) is 0 Å². The average Bonchev–Trinajstić information content (AvgIpc) is 2.19. The summed E-state index contributed by atoms with van der Waals surface area (Å²) in [6.45, 7) is 3.07. The minimum atomic E-state index is -3.42. The molecule has 0 atom stereocenters. The molecule has 92 valence electrons. The van der Waals surface area contributed by atoms with Gasteiger partial charge in [-0.3, -0.25) is 0 Å². The van der Waals surface area contributed by atoms with Crippen LogP contribution in [0.2, 0.25) is 0 Å². The maximum atomic E-state index is 11.6. The highest BCUT2D eigenvalue weighted by Gasteiger charge is 2.18. The zero-order chi connectivity index (χ0) is 11.7. The maximum absolute atomic E-state index is 11.6. The predicted molar refractivity (Wildman–Crippen MR) is 57.7 cm³/mol.